The molecule has 25 heavy (non-hydrogen) atoms. The minimum Gasteiger partial charge on any atom is -0.507 e. The van der Waals surface area contributed by atoms with Gasteiger partial charge in [-0.25, -0.2) is 4.79 Å². The van der Waals surface area contributed by atoms with Gasteiger partial charge < -0.3 is 9.84 Å². The lowest BCUT2D eigenvalue weighted by Crippen LogP contribution is -2.44. The van der Waals surface area contributed by atoms with Gasteiger partial charge in [0, 0.05) is 0 Å². The van der Waals surface area contributed by atoms with Crippen LogP contribution in [0.2, 0.25) is 0 Å². The van der Waals surface area contributed by atoms with Crippen LogP contribution in [0.5, 0.6) is 5.75 Å². The highest BCUT2D eigenvalue weighted by Gasteiger charge is 2.49. The van der Waals surface area contributed by atoms with Gasteiger partial charge in [0.05, 0.1) is 6.61 Å². The first-order valence-corrected chi connectivity index (χ1v) is 9.74. The number of hydrogen-bond acceptors (Lipinski definition) is 3. The average Bonchev–Trinajstić information content (AvgIpc) is 2.55. The Hall–Kier alpha value is -1.77. The Morgan fingerprint density at radius 3 is 2.44 bits per heavy atom. The molecule has 0 spiro atoms. The highest BCUT2D eigenvalue weighted by molar-refractivity contribution is 5.92. The molecule has 0 aromatic heterocycles. The van der Waals surface area contributed by atoms with Crippen LogP contribution >= 0.6 is 0 Å². The van der Waals surface area contributed by atoms with E-state index in [0.717, 1.165) is 23.3 Å². The molecule has 0 amide bonds. The summed E-state index contributed by atoms with van der Waals surface area (Å²) in [4.78, 5) is 11.9. The van der Waals surface area contributed by atoms with Crippen molar-refractivity contribution in [1.82, 2.24) is 0 Å². The Morgan fingerprint density at radius 2 is 1.84 bits per heavy atom. The summed E-state index contributed by atoms with van der Waals surface area (Å²) in [6.07, 6.45) is 13.7. The summed E-state index contributed by atoms with van der Waals surface area (Å²) in [5, 5.41) is 10.4. The van der Waals surface area contributed by atoms with Crippen molar-refractivity contribution in [1.29, 1.82) is 0 Å². The van der Waals surface area contributed by atoms with Crippen molar-refractivity contribution in [3.05, 3.63) is 41.5 Å². The van der Waals surface area contributed by atoms with Crippen LogP contribution in [0.25, 0.3) is 0 Å². The third-order valence-corrected chi connectivity index (χ3v) is 6.51. The Balaban J connectivity index is 1.47. The molecule has 0 unspecified atom stereocenters. The van der Waals surface area contributed by atoms with E-state index < -0.39 is 5.97 Å². The van der Waals surface area contributed by atoms with Crippen molar-refractivity contribution < 1.29 is 14.6 Å². The van der Waals surface area contributed by atoms with Gasteiger partial charge in [0.1, 0.15) is 11.3 Å². The average molecular weight is 340 g/mol. The largest absolute Gasteiger partial charge is 0.507 e. The van der Waals surface area contributed by atoms with Crippen LogP contribution in [-0.4, -0.2) is 17.7 Å². The van der Waals surface area contributed by atoms with Crippen LogP contribution in [0.1, 0.15) is 61.4 Å². The minimum atomic E-state index is -0.452. The smallest absolute Gasteiger partial charge is 0.341 e. The van der Waals surface area contributed by atoms with Crippen molar-refractivity contribution in [3.63, 3.8) is 0 Å². The van der Waals surface area contributed by atoms with Gasteiger partial charge in [-0.3, -0.25) is 0 Å². The number of phenolic OH excluding ortho intramolecular Hbond substituents is 1. The van der Waals surface area contributed by atoms with Crippen LogP contribution < -0.4 is 0 Å². The first-order valence-electron chi connectivity index (χ1n) is 9.74. The van der Waals surface area contributed by atoms with Gasteiger partial charge in [-0.2, -0.15) is 0 Å². The quantitative estimate of drug-likeness (QED) is 0.613. The van der Waals surface area contributed by atoms with E-state index in [1.807, 2.05) is 12.1 Å². The Bertz CT molecular complexity index is 653. The molecule has 4 bridgehead atoms. The lowest BCUT2D eigenvalue weighted by atomic mass is 9.49. The molecule has 1 N–H and O–H groups in total. The summed E-state index contributed by atoms with van der Waals surface area (Å²) in [6, 6.07) is 5.33. The molecule has 134 valence electrons. The number of ether oxygens (including phenoxy) is 1. The molecule has 5 rings (SSSR count). The van der Waals surface area contributed by atoms with Crippen LogP contribution in [0.4, 0.5) is 0 Å². The van der Waals surface area contributed by atoms with E-state index in [9.17, 15) is 9.90 Å². The number of rotatable bonds is 5. The number of esters is 1. The second kappa shape index (κ2) is 6.51. The number of carbonyl (C=O) groups is 1. The predicted molar refractivity (Wildman–Crippen MR) is 97.5 cm³/mol. The number of para-hydroxylation sites is 1. The Morgan fingerprint density at radius 1 is 1.20 bits per heavy atom. The van der Waals surface area contributed by atoms with E-state index in [1.165, 1.54) is 38.5 Å². The zero-order chi connectivity index (χ0) is 17.4. The van der Waals surface area contributed by atoms with Gasteiger partial charge in [-0.15, -0.1) is 0 Å². The molecule has 1 aromatic carbocycles. The molecule has 4 fully saturated rings. The second-order valence-electron chi connectivity index (χ2n) is 8.42. The number of allylic oxidation sites excluding steroid dienone is 2. The van der Waals surface area contributed by atoms with Crippen molar-refractivity contribution in [2.24, 2.45) is 23.2 Å². The van der Waals surface area contributed by atoms with Gasteiger partial charge in [0.15, 0.2) is 0 Å². The molecule has 0 saturated heterocycles. The van der Waals surface area contributed by atoms with Crippen LogP contribution in [-0.2, 0) is 11.2 Å². The van der Waals surface area contributed by atoms with Gasteiger partial charge in [-0.1, -0.05) is 24.3 Å². The highest BCUT2D eigenvalue weighted by atomic mass is 16.5. The molecule has 0 radical (unpaired) electrons. The second-order valence-corrected chi connectivity index (χ2v) is 8.42. The van der Waals surface area contributed by atoms with Gasteiger partial charge in [0.2, 0.25) is 0 Å². The van der Waals surface area contributed by atoms with E-state index in [-0.39, 0.29) is 11.3 Å². The first-order chi connectivity index (χ1) is 12.1. The summed E-state index contributed by atoms with van der Waals surface area (Å²) in [5.41, 5.74) is 1.47. The third-order valence-electron chi connectivity index (χ3n) is 6.51. The lowest BCUT2D eigenvalue weighted by Gasteiger charge is -2.56. The maximum absolute atomic E-state index is 11.9. The number of phenols is 1. The number of carbonyl (C=O) groups excluding carboxylic acids is 1. The molecule has 4 aliphatic rings. The van der Waals surface area contributed by atoms with E-state index in [1.54, 1.807) is 13.0 Å². The SMILES string of the molecule is CCOC(=O)c1cccc(C/C=C/C23CC4CC(CC(C4)C2)C3)c1O. The van der Waals surface area contributed by atoms with Crippen LogP contribution in [0.15, 0.2) is 30.4 Å². The maximum Gasteiger partial charge on any atom is 0.341 e. The standard InChI is InChI=1S/C22H28O3/c1-2-25-21(24)19-7-3-5-18(20(19)23)6-4-8-22-12-15-9-16(13-22)11-17(10-15)14-22/h3-5,7-8,15-17,23H,2,6,9-14H2,1H3/b8-4+. The summed E-state index contributed by atoms with van der Waals surface area (Å²) in [7, 11) is 0. The topological polar surface area (TPSA) is 46.5 Å². The zero-order valence-electron chi connectivity index (χ0n) is 15.0. The molecule has 0 atom stereocenters. The van der Waals surface area contributed by atoms with E-state index >= 15 is 0 Å². The molecule has 1 aromatic rings. The predicted octanol–water partition coefficient (Wildman–Crippen LogP) is 4.88. The molecular formula is C22H28O3. The molecule has 4 saturated carbocycles. The molecular weight excluding hydrogens is 312 g/mol. The fourth-order valence-electron chi connectivity index (χ4n) is 5.95. The normalized spacial score (nSPS) is 33.1. The maximum atomic E-state index is 11.9. The van der Waals surface area contributed by atoms with Gasteiger partial charge in [-0.05, 0) is 86.7 Å². The minimum absolute atomic E-state index is 0.0658. The molecule has 3 nitrogen and oxygen atoms in total. The summed E-state index contributed by atoms with van der Waals surface area (Å²) < 4.78 is 5.02. The lowest BCUT2D eigenvalue weighted by molar-refractivity contribution is -0.0238. The fraction of sp³-hybridized carbons (Fsp3) is 0.591. The molecule has 0 heterocycles. The van der Waals surface area contributed by atoms with Gasteiger partial charge >= 0.3 is 5.97 Å². The Labute approximate surface area is 150 Å². The molecule has 3 heteroatoms. The van der Waals surface area contributed by atoms with Crippen LogP contribution in [0, 0.1) is 23.2 Å². The Kier molecular flexibility index (Phi) is 4.35. The monoisotopic (exact) mass is 340 g/mol. The number of aromatic hydroxyl groups is 1. The molecule has 0 aliphatic heterocycles. The van der Waals surface area contributed by atoms with E-state index in [0.29, 0.717) is 18.4 Å². The van der Waals surface area contributed by atoms with Crippen molar-refractivity contribution in [2.45, 2.75) is 51.9 Å². The summed E-state index contributed by atoms with van der Waals surface area (Å²) >= 11 is 0. The van der Waals surface area contributed by atoms with E-state index in [4.69, 9.17) is 4.74 Å². The zero-order valence-corrected chi connectivity index (χ0v) is 15.0. The number of benzene rings is 1. The van der Waals surface area contributed by atoms with Crippen LogP contribution in [0.3, 0.4) is 0 Å². The van der Waals surface area contributed by atoms with Crippen molar-refractivity contribution >= 4 is 5.97 Å². The van der Waals surface area contributed by atoms with E-state index in [2.05, 4.69) is 12.2 Å². The van der Waals surface area contributed by atoms with Crippen molar-refractivity contribution in [2.75, 3.05) is 6.61 Å². The van der Waals surface area contributed by atoms with Crippen molar-refractivity contribution in [3.8, 4) is 5.75 Å². The fourth-order valence-corrected chi connectivity index (χ4v) is 5.95. The molecule has 4 aliphatic carbocycles. The number of hydrogen-bond donors (Lipinski definition) is 1. The first kappa shape index (κ1) is 16.7. The van der Waals surface area contributed by atoms with Gasteiger partial charge in [0.25, 0.3) is 0 Å². The summed E-state index contributed by atoms with van der Waals surface area (Å²) in [6.45, 7) is 2.08. The third kappa shape index (κ3) is 3.21. The highest BCUT2D eigenvalue weighted by Crippen LogP contribution is 2.60. The summed E-state index contributed by atoms with van der Waals surface area (Å²) in [5.74, 6) is 2.44.